The highest BCUT2D eigenvalue weighted by Crippen LogP contribution is 2.52. The molecule has 0 spiro atoms. The van der Waals surface area contributed by atoms with Gasteiger partial charge in [-0.05, 0) is 74.8 Å². The van der Waals surface area contributed by atoms with Crippen molar-refractivity contribution >= 4 is 62.8 Å². The molecule has 3 aromatic rings. The Hall–Kier alpha value is -4.45. The summed E-state index contributed by atoms with van der Waals surface area (Å²) in [5.74, 6) is -0.376. The highest BCUT2D eigenvalue weighted by atomic mass is 35.5. The molecule has 63 heavy (non-hydrogen) atoms. The number of aromatic nitrogens is 2. The molecule has 3 amide bonds. The fourth-order valence-electron chi connectivity index (χ4n) is 9.38. The average molecular weight is 911 g/mol. The zero-order chi connectivity index (χ0) is 44.8. The zero-order valence-electron chi connectivity index (χ0n) is 36.9. The van der Waals surface area contributed by atoms with E-state index in [1.807, 2.05) is 53.0 Å². The Morgan fingerprint density at radius 2 is 1.78 bits per heavy atom. The van der Waals surface area contributed by atoms with Crippen molar-refractivity contribution in [3.8, 4) is 22.9 Å². The lowest BCUT2D eigenvalue weighted by molar-refractivity contribution is -0.146. The Kier molecular flexibility index (Phi) is 13.0. The molecule has 4 heterocycles. The third-order valence-electron chi connectivity index (χ3n) is 13.1. The minimum Gasteiger partial charge on any atom is -0.491 e. The Balaban J connectivity index is 1.09. The largest absolute Gasteiger partial charge is 0.491 e. The van der Waals surface area contributed by atoms with Crippen molar-refractivity contribution in [1.82, 2.24) is 30.4 Å². The first-order valence-corrected chi connectivity index (χ1v) is 23.6. The second-order valence-corrected chi connectivity index (χ2v) is 20.4. The van der Waals surface area contributed by atoms with Crippen LogP contribution < -0.4 is 25.4 Å². The van der Waals surface area contributed by atoms with Gasteiger partial charge in [-0.25, -0.2) is 19.6 Å². The topological polar surface area (TPSA) is 194 Å². The summed E-state index contributed by atoms with van der Waals surface area (Å²) < 4.78 is 24.3. The maximum atomic E-state index is 14.8. The first-order valence-electron chi connectivity index (χ1n) is 22.3. The van der Waals surface area contributed by atoms with Crippen LogP contribution in [0, 0.1) is 23.2 Å². The fourth-order valence-corrected chi connectivity index (χ4v) is 10.5. The number of aliphatic carboxylic acids is 1. The van der Waals surface area contributed by atoms with Gasteiger partial charge in [-0.1, -0.05) is 45.7 Å². The number of morpholine rings is 1. The summed E-state index contributed by atoms with van der Waals surface area (Å²) in [5.41, 5.74) is -0.683. The number of nitrogens with one attached hydrogen (secondary N) is 3. The predicted molar refractivity (Wildman–Crippen MR) is 238 cm³/mol. The number of carbonyl (C=O) groups is 4. The van der Waals surface area contributed by atoms with Gasteiger partial charge >= 0.3 is 12.1 Å². The molecule has 8 atom stereocenters. The number of alkyl carbamates (subject to hydrolysis) is 1. The SMILES string of the molecule is CCC1C[C@]1(NC(=O)[C@@H]1C[C@@H](Oc2cc(-c3csc(NC(C)C)n3)nc3c(Cl)c(OCCN4CCOCC4)ccc23)CN1C(=O)[C@@H](NC(=O)OC1C[C@@H]2C[C@@H]2C1)C(C)(C)C)C(=O)O. The summed E-state index contributed by atoms with van der Waals surface area (Å²) in [5, 5.41) is 22.7. The lowest BCUT2D eigenvalue weighted by atomic mass is 9.85. The van der Waals surface area contributed by atoms with Crippen LogP contribution in [0.2, 0.25) is 5.02 Å². The van der Waals surface area contributed by atoms with E-state index < -0.39 is 53.0 Å². The van der Waals surface area contributed by atoms with Gasteiger partial charge in [0, 0.05) is 48.9 Å². The maximum absolute atomic E-state index is 14.8. The standard InChI is InChI=1S/C45H60ClN7O9S/c1-7-27-21-45(27,41(56)57)51-39(54)33-19-29(22-53(33)40(55)38(44(4,5)6)50-43(58)62-28-17-25-16-26(25)18-28)61-35-20-31(32-23-63-42(49-32)47-24(2)3)48-37-30(35)8-9-34(36(37)46)60-15-12-52-10-13-59-14-11-52/h8-9,20,23-29,33,38H,7,10-19,21-22H2,1-6H3,(H,47,49)(H,50,58)(H,51,54)(H,56,57)/t25-,26+,27?,28?,29-,33+,38-,45-/m1/s1. The third kappa shape index (κ3) is 9.96. The fraction of sp³-hybridized carbons (Fsp3) is 0.644. The first kappa shape index (κ1) is 45.1. The number of rotatable bonds is 16. The van der Waals surface area contributed by atoms with Crippen LogP contribution in [0.1, 0.15) is 80.1 Å². The molecule has 2 aliphatic heterocycles. The Bertz CT molecular complexity index is 2200. The number of hydrogen-bond donors (Lipinski definition) is 4. The number of fused-ring (bicyclic) bond motifs is 2. The van der Waals surface area contributed by atoms with Crippen molar-refractivity contribution < 1.29 is 43.2 Å². The van der Waals surface area contributed by atoms with Gasteiger partial charge in [0.2, 0.25) is 11.8 Å². The number of anilines is 1. The number of pyridine rings is 1. The number of likely N-dealkylation sites (tertiary alicyclic amines) is 1. The van der Waals surface area contributed by atoms with Crippen molar-refractivity contribution in [3.63, 3.8) is 0 Å². The molecule has 8 rings (SSSR count). The lowest BCUT2D eigenvalue weighted by Gasteiger charge is -2.35. The van der Waals surface area contributed by atoms with E-state index in [9.17, 15) is 24.3 Å². The van der Waals surface area contributed by atoms with Gasteiger partial charge in [-0.3, -0.25) is 14.5 Å². The van der Waals surface area contributed by atoms with Gasteiger partial charge in [0.25, 0.3) is 0 Å². The summed E-state index contributed by atoms with van der Waals surface area (Å²) in [4.78, 5) is 68.5. The van der Waals surface area contributed by atoms with E-state index >= 15 is 0 Å². The van der Waals surface area contributed by atoms with Crippen molar-refractivity contribution in [2.24, 2.45) is 23.2 Å². The van der Waals surface area contributed by atoms with E-state index in [0.29, 0.717) is 89.9 Å². The summed E-state index contributed by atoms with van der Waals surface area (Å²) in [6.07, 6.45) is 2.11. The second-order valence-electron chi connectivity index (χ2n) is 19.2. The Morgan fingerprint density at radius 1 is 1.03 bits per heavy atom. The monoisotopic (exact) mass is 909 g/mol. The Morgan fingerprint density at radius 3 is 2.44 bits per heavy atom. The van der Waals surface area contributed by atoms with Crippen molar-refractivity contribution in [2.45, 2.75) is 116 Å². The first-order chi connectivity index (χ1) is 30.0. The molecule has 18 heteroatoms. The molecule has 2 aromatic heterocycles. The third-order valence-corrected chi connectivity index (χ3v) is 14.2. The second kappa shape index (κ2) is 18.2. The van der Waals surface area contributed by atoms with Gasteiger partial charge in [-0.15, -0.1) is 11.3 Å². The van der Waals surface area contributed by atoms with E-state index in [-0.39, 0.29) is 31.0 Å². The summed E-state index contributed by atoms with van der Waals surface area (Å²) in [6.45, 7) is 15.6. The number of hydrogen-bond acceptors (Lipinski definition) is 13. The molecule has 3 aliphatic carbocycles. The van der Waals surface area contributed by atoms with Crippen LogP contribution in [-0.4, -0.2) is 131 Å². The number of ether oxygens (including phenoxy) is 4. The molecule has 342 valence electrons. The molecule has 2 unspecified atom stereocenters. The van der Waals surface area contributed by atoms with Crippen molar-refractivity contribution in [2.75, 3.05) is 51.3 Å². The quantitative estimate of drug-likeness (QED) is 0.127. The van der Waals surface area contributed by atoms with Crippen LogP contribution in [0.25, 0.3) is 22.3 Å². The molecule has 16 nitrogen and oxygen atoms in total. The smallest absolute Gasteiger partial charge is 0.408 e. The molecule has 4 N–H and O–H groups in total. The molecule has 5 fully saturated rings. The zero-order valence-corrected chi connectivity index (χ0v) is 38.5. The van der Waals surface area contributed by atoms with Gasteiger partial charge in [0.15, 0.2) is 5.13 Å². The molecule has 0 bridgehead atoms. The predicted octanol–water partition coefficient (Wildman–Crippen LogP) is 6.20. The number of carbonyl (C=O) groups excluding carboxylic acids is 3. The molecule has 5 aliphatic rings. The molecule has 1 aromatic carbocycles. The minimum absolute atomic E-state index is 0.0295. The van der Waals surface area contributed by atoms with E-state index in [4.69, 9.17) is 40.5 Å². The van der Waals surface area contributed by atoms with E-state index in [2.05, 4.69) is 20.9 Å². The van der Waals surface area contributed by atoms with Crippen LogP contribution in [0.3, 0.4) is 0 Å². The maximum Gasteiger partial charge on any atom is 0.408 e. The van der Waals surface area contributed by atoms with Crippen molar-refractivity contribution in [1.29, 1.82) is 0 Å². The number of thiazole rings is 1. The number of carboxylic acids is 1. The number of halogens is 1. The van der Waals surface area contributed by atoms with Crippen molar-refractivity contribution in [3.05, 3.63) is 28.6 Å². The van der Waals surface area contributed by atoms with Crippen LogP contribution >= 0.6 is 22.9 Å². The van der Waals surface area contributed by atoms with Gasteiger partial charge in [0.05, 0.1) is 31.0 Å². The molecule has 3 saturated carbocycles. The highest BCUT2D eigenvalue weighted by Gasteiger charge is 2.61. The highest BCUT2D eigenvalue weighted by molar-refractivity contribution is 7.14. The molecule has 0 radical (unpaired) electrons. The van der Waals surface area contributed by atoms with Crippen LogP contribution in [0.4, 0.5) is 9.93 Å². The van der Waals surface area contributed by atoms with Gasteiger partial charge < -0.3 is 44.9 Å². The van der Waals surface area contributed by atoms with E-state index in [1.54, 1.807) is 12.1 Å². The number of amides is 3. The summed E-state index contributed by atoms with van der Waals surface area (Å²) in [7, 11) is 0. The lowest BCUT2D eigenvalue weighted by Crippen LogP contribution is -2.59. The number of carboxylic acid groups (broad SMARTS) is 1. The van der Waals surface area contributed by atoms with Crippen LogP contribution in [0.5, 0.6) is 11.5 Å². The summed E-state index contributed by atoms with van der Waals surface area (Å²) in [6, 6.07) is 3.38. The van der Waals surface area contributed by atoms with E-state index in [0.717, 1.165) is 31.1 Å². The van der Waals surface area contributed by atoms with Crippen LogP contribution in [-0.2, 0) is 23.9 Å². The van der Waals surface area contributed by atoms with Gasteiger partial charge in [-0.2, -0.15) is 0 Å². The van der Waals surface area contributed by atoms with E-state index in [1.165, 1.54) is 22.7 Å². The minimum atomic E-state index is -1.42. The summed E-state index contributed by atoms with van der Waals surface area (Å²) >= 11 is 8.55. The molecular formula is C45H60ClN7O9S. The molecular weight excluding hydrogens is 850 g/mol. The normalized spacial score (nSPS) is 27.1. The average Bonchev–Trinajstić information content (AvgIpc) is 3.91. The number of benzene rings is 1. The van der Waals surface area contributed by atoms with Crippen LogP contribution in [0.15, 0.2) is 23.6 Å². The van der Waals surface area contributed by atoms with Gasteiger partial charge in [0.1, 0.15) is 58.7 Å². The molecule has 2 saturated heterocycles. The Labute approximate surface area is 377 Å². The number of nitrogens with zero attached hydrogens (tertiary/aromatic N) is 4.